The average Bonchev–Trinajstić information content (AvgIpc) is 3.11. The van der Waals surface area contributed by atoms with Crippen LogP contribution in [0.5, 0.6) is 0 Å². The molecular weight excluding hydrogens is 411 g/mol. The molecule has 3 N–H and O–H groups in total. The van der Waals surface area contributed by atoms with Crippen LogP contribution in [0.15, 0.2) is 42.7 Å². The van der Waals surface area contributed by atoms with Crippen LogP contribution in [0, 0.1) is 0 Å². The lowest BCUT2D eigenvalue weighted by atomic mass is 10.1. The van der Waals surface area contributed by atoms with Gasteiger partial charge >= 0.3 is 0 Å². The van der Waals surface area contributed by atoms with E-state index in [4.69, 9.17) is 5.73 Å². The lowest BCUT2D eigenvalue weighted by Crippen LogP contribution is -2.28. The Bertz CT molecular complexity index is 803. The molecule has 0 fully saturated rings. The smallest absolute Gasteiger partial charge is 0.259 e. The van der Waals surface area contributed by atoms with E-state index in [9.17, 15) is 9.59 Å². The van der Waals surface area contributed by atoms with Crippen molar-refractivity contribution in [1.29, 1.82) is 0 Å². The molecule has 1 aromatic heterocycles. The van der Waals surface area contributed by atoms with Crippen molar-refractivity contribution in [2.75, 3.05) is 23.3 Å². The number of anilines is 2. The predicted molar refractivity (Wildman–Crippen MR) is 121 cm³/mol. The van der Waals surface area contributed by atoms with Gasteiger partial charge in [-0.05, 0) is 61.7 Å². The number of benzene rings is 1. The Labute approximate surface area is 184 Å². The van der Waals surface area contributed by atoms with E-state index < -0.39 is 0 Å². The van der Waals surface area contributed by atoms with Gasteiger partial charge in [0.05, 0.1) is 5.56 Å². The predicted octanol–water partition coefficient (Wildman–Crippen LogP) is 3.98. The molecule has 2 heterocycles. The van der Waals surface area contributed by atoms with E-state index in [-0.39, 0.29) is 36.6 Å². The molecule has 0 bridgehead atoms. The highest BCUT2D eigenvalue weighted by atomic mass is 35.5. The van der Waals surface area contributed by atoms with Gasteiger partial charge in [0.15, 0.2) is 0 Å². The van der Waals surface area contributed by atoms with Crippen LogP contribution < -0.4 is 16.0 Å². The number of hydrogen-bond donors (Lipinski definition) is 2. The van der Waals surface area contributed by atoms with Gasteiger partial charge in [-0.25, -0.2) is 0 Å². The van der Waals surface area contributed by atoms with Gasteiger partial charge in [0.1, 0.15) is 0 Å². The van der Waals surface area contributed by atoms with Crippen LogP contribution in [-0.4, -0.2) is 29.9 Å². The van der Waals surface area contributed by atoms with Gasteiger partial charge < -0.3 is 16.0 Å². The summed E-state index contributed by atoms with van der Waals surface area (Å²) in [4.78, 5) is 30.6. The molecule has 0 saturated carbocycles. The Hall–Kier alpha value is -2.15. The van der Waals surface area contributed by atoms with Crippen molar-refractivity contribution in [3.8, 4) is 0 Å². The fraction of sp³-hybridized carbons (Fsp3) is 0.381. The topological polar surface area (TPSA) is 88.3 Å². The molecule has 3 rings (SSSR count). The molecule has 0 atom stereocenters. The number of carbonyl (C=O) groups is 2. The van der Waals surface area contributed by atoms with E-state index in [1.807, 2.05) is 18.2 Å². The summed E-state index contributed by atoms with van der Waals surface area (Å²) in [5.41, 5.74) is 8.82. The lowest BCUT2D eigenvalue weighted by molar-refractivity contribution is -0.116. The number of rotatable bonds is 8. The molecule has 0 radical (unpaired) electrons. The summed E-state index contributed by atoms with van der Waals surface area (Å²) in [6.07, 6.45) is 8.54. The van der Waals surface area contributed by atoms with Crippen LogP contribution in [0.4, 0.5) is 11.4 Å². The first-order valence-electron chi connectivity index (χ1n) is 9.54. The van der Waals surface area contributed by atoms with Crippen LogP contribution in [0.2, 0.25) is 0 Å². The highest BCUT2D eigenvalue weighted by Crippen LogP contribution is 2.31. The third kappa shape index (κ3) is 6.70. The maximum absolute atomic E-state index is 12.7. The number of hydrogen-bond acceptors (Lipinski definition) is 4. The zero-order chi connectivity index (χ0) is 19.1. The molecule has 0 unspecified atom stereocenters. The van der Waals surface area contributed by atoms with Gasteiger partial charge in [-0.1, -0.05) is 12.8 Å². The maximum atomic E-state index is 12.7. The Morgan fingerprint density at radius 2 is 1.90 bits per heavy atom. The molecule has 0 saturated heterocycles. The largest absolute Gasteiger partial charge is 0.330 e. The van der Waals surface area contributed by atoms with Crippen molar-refractivity contribution in [3.05, 3.63) is 53.9 Å². The van der Waals surface area contributed by atoms with Crippen molar-refractivity contribution in [2.45, 2.75) is 38.5 Å². The summed E-state index contributed by atoms with van der Waals surface area (Å²) in [6.45, 7) is 1.35. The first-order valence-corrected chi connectivity index (χ1v) is 9.54. The molecule has 158 valence electrons. The van der Waals surface area contributed by atoms with E-state index in [1.54, 1.807) is 29.4 Å². The highest BCUT2D eigenvalue weighted by Gasteiger charge is 2.25. The van der Waals surface area contributed by atoms with Gasteiger partial charge in [-0.3, -0.25) is 14.6 Å². The minimum Gasteiger partial charge on any atom is -0.330 e. The Balaban J connectivity index is 0.00000210. The molecule has 6 nitrogen and oxygen atoms in total. The fourth-order valence-corrected chi connectivity index (χ4v) is 3.34. The molecule has 1 aliphatic heterocycles. The number of nitrogens with one attached hydrogen (secondary N) is 1. The summed E-state index contributed by atoms with van der Waals surface area (Å²) in [7, 11) is 0. The monoisotopic (exact) mass is 438 g/mol. The summed E-state index contributed by atoms with van der Waals surface area (Å²) >= 11 is 0. The van der Waals surface area contributed by atoms with E-state index >= 15 is 0 Å². The van der Waals surface area contributed by atoms with E-state index in [0.29, 0.717) is 25.1 Å². The summed E-state index contributed by atoms with van der Waals surface area (Å²) in [5, 5.41) is 2.96. The number of halogens is 2. The molecule has 29 heavy (non-hydrogen) atoms. The number of carbonyl (C=O) groups excluding carboxylic acids is 2. The molecule has 1 aliphatic rings. The fourth-order valence-electron chi connectivity index (χ4n) is 3.34. The summed E-state index contributed by atoms with van der Waals surface area (Å²) < 4.78 is 0. The number of nitrogens with two attached hydrogens (primary N) is 1. The third-order valence-corrected chi connectivity index (χ3v) is 4.77. The van der Waals surface area contributed by atoms with Crippen LogP contribution in [0.3, 0.4) is 0 Å². The second-order valence-corrected chi connectivity index (χ2v) is 6.79. The molecule has 0 spiro atoms. The number of unbranched alkanes of at least 4 members (excludes halogenated alkanes) is 3. The van der Waals surface area contributed by atoms with Crippen LogP contribution in [0.25, 0.3) is 0 Å². The third-order valence-electron chi connectivity index (χ3n) is 4.77. The van der Waals surface area contributed by atoms with Crippen LogP contribution in [0.1, 0.15) is 48.0 Å². The highest BCUT2D eigenvalue weighted by molar-refractivity contribution is 6.07. The molecule has 1 aromatic carbocycles. The SMILES string of the molecule is Cl.Cl.NCCCCCCC(=O)Nc1ccc2c(c1)CCN2C(=O)c1cccnc1. The Kier molecular flexibility index (Phi) is 10.7. The van der Waals surface area contributed by atoms with Crippen molar-refractivity contribution >= 4 is 48.0 Å². The average molecular weight is 439 g/mol. The Morgan fingerprint density at radius 3 is 2.62 bits per heavy atom. The molecule has 2 amide bonds. The standard InChI is InChI=1S/C21H26N4O2.2ClH/c22-11-4-2-1-3-7-20(26)24-18-8-9-19-16(14-18)10-13-25(19)21(27)17-6-5-12-23-15-17;;/h5-6,8-9,12,14-15H,1-4,7,10-11,13,22H2,(H,24,26);2*1H. The molecule has 0 aliphatic carbocycles. The van der Waals surface area contributed by atoms with Crippen molar-refractivity contribution in [2.24, 2.45) is 5.73 Å². The maximum Gasteiger partial charge on any atom is 0.259 e. The quantitative estimate of drug-likeness (QED) is 0.609. The van der Waals surface area contributed by atoms with Crippen LogP contribution >= 0.6 is 24.8 Å². The Morgan fingerprint density at radius 1 is 1.10 bits per heavy atom. The van der Waals surface area contributed by atoms with Crippen molar-refractivity contribution in [3.63, 3.8) is 0 Å². The molecule has 8 heteroatoms. The summed E-state index contributed by atoms with van der Waals surface area (Å²) in [6, 6.07) is 9.28. The molecular formula is C21H28Cl2N4O2. The van der Waals surface area contributed by atoms with Gasteiger partial charge in [-0.15, -0.1) is 24.8 Å². The normalized spacial score (nSPS) is 11.8. The first kappa shape index (κ1) is 24.9. The second kappa shape index (κ2) is 12.4. The van der Waals surface area contributed by atoms with Gasteiger partial charge in [0.25, 0.3) is 5.91 Å². The first-order chi connectivity index (χ1) is 13.2. The van der Waals surface area contributed by atoms with Gasteiger partial charge in [0.2, 0.25) is 5.91 Å². The van der Waals surface area contributed by atoms with Crippen molar-refractivity contribution < 1.29 is 9.59 Å². The van der Waals surface area contributed by atoms with Gasteiger partial charge in [-0.2, -0.15) is 0 Å². The summed E-state index contributed by atoms with van der Waals surface area (Å²) in [5.74, 6) is -0.0138. The number of aromatic nitrogens is 1. The zero-order valence-corrected chi connectivity index (χ0v) is 17.9. The minimum absolute atomic E-state index is 0. The minimum atomic E-state index is -0.0453. The van der Waals surface area contributed by atoms with E-state index in [1.165, 1.54) is 0 Å². The zero-order valence-electron chi connectivity index (χ0n) is 16.3. The van der Waals surface area contributed by atoms with Crippen LogP contribution in [-0.2, 0) is 11.2 Å². The van der Waals surface area contributed by atoms with E-state index in [2.05, 4.69) is 10.3 Å². The molecule has 2 aromatic rings. The number of amides is 2. The second-order valence-electron chi connectivity index (χ2n) is 6.79. The van der Waals surface area contributed by atoms with E-state index in [0.717, 1.165) is 49.0 Å². The lowest BCUT2D eigenvalue weighted by Gasteiger charge is -2.17. The number of nitrogens with zero attached hydrogens (tertiary/aromatic N) is 2. The van der Waals surface area contributed by atoms with Gasteiger partial charge in [0, 0.05) is 36.7 Å². The number of fused-ring (bicyclic) bond motifs is 1. The van der Waals surface area contributed by atoms with Crippen molar-refractivity contribution in [1.82, 2.24) is 4.98 Å². The number of pyridine rings is 1.